The number of hydrogen-bond acceptors (Lipinski definition) is 4. The van der Waals surface area contributed by atoms with Gasteiger partial charge in [-0.2, -0.15) is 13.2 Å². The summed E-state index contributed by atoms with van der Waals surface area (Å²) in [5.41, 5.74) is 0. The van der Waals surface area contributed by atoms with Gasteiger partial charge in [0.05, 0.1) is 6.04 Å². The first-order chi connectivity index (χ1) is 7.68. The normalized spacial score (nSPS) is 14.9. The van der Waals surface area contributed by atoms with Gasteiger partial charge < -0.3 is 15.7 Å². The molecule has 0 aliphatic carbocycles. The molecule has 0 spiro atoms. The summed E-state index contributed by atoms with van der Waals surface area (Å²) in [5, 5.41) is 14.8. The lowest BCUT2D eigenvalue weighted by Crippen LogP contribution is -2.50. The van der Waals surface area contributed by atoms with Crippen LogP contribution in [0.5, 0.6) is 0 Å². The van der Waals surface area contributed by atoms with Crippen LogP contribution in [0.3, 0.4) is 0 Å². The number of carbonyl (C=O) groups is 2. The fourth-order valence-electron chi connectivity index (χ4n) is 0.779. The van der Waals surface area contributed by atoms with Crippen molar-refractivity contribution in [3.8, 4) is 0 Å². The molecular formula is C8H14F3N3O3. The number of nitrogens with one attached hydrogen (secondary N) is 3. The molecule has 6 nitrogen and oxygen atoms in total. The van der Waals surface area contributed by atoms with Gasteiger partial charge >= 0.3 is 12.2 Å². The highest BCUT2D eigenvalue weighted by atomic mass is 19.4. The fourth-order valence-corrected chi connectivity index (χ4v) is 0.779. The Balaban J connectivity index is 4.06. The molecule has 0 heterocycles. The van der Waals surface area contributed by atoms with Crippen LogP contribution in [-0.4, -0.2) is 49.0 Å². The third-order valence-electron chi connectivity index (χ3n) is 1.85. The van der Waals surface area contributed by atoms with Crippen molar-refractivity contribution in [1.29, 1.82) is 0 Å². The maximum absolute atomic E-state index is 11.9. The molecule has 100 valence electrons. The minimum atomic E-state index is -4.75. The summed E-state index contributed by atoms with van der Waals surface area (Å²) in [5.74, 6) is -0.793. The molecular weight excluding hydrogens is 243 g/mol. The average Bonchev–Trinajstić information content (AvgIpc) is 2.23. The second kappa shape index (κ2) is 6.40. The zero-order valence-electron chi connectivity index (χ0n) is 9.26. The molecule has 0 radical (unpaired) electrons. The van der Waals surface area contributed by atoms with Crippen LogP contribution in [0.15, 0.2) is 0 Å². The minimum Gasteiger partial charge on any atom is -0.382 e. The standard InChI is InChI=1S/C8H14F3N3O3/c1-4(6(16)14-7(17)12-2)13-3-5(15)8(9,10)11/h4-5,13,15H,3H2,1-2H3,(H2,12,14,16,17). The Labute approximate surface area is 95.6 Å². The lowest BCUT2D eigenvalue weighted by Gasteiger charge is -2.18. The summed E-state index contributed by atoms with van der Waals surface area (Å²) in [4.78, 5) is 21.9. The summed E-state index contributed by atoms with van der Waals surface area (Å²) in [6.07, 6.45) is -7.30. The summed E-state index contributed by atoms with van der Waals surface area (Å²) in [7, 11) is 1.29. The molecule has 0 aromatic heterocycles. The van der Waals surface area contributed by atoms with Crippen LogP contribution in [0.25, 0.3) is 0 Å². The van der Waals surface area contributed by atoms with Crippen molar-refractivity contribution in [2.45, 2.75) is 25.2 Å². The molecule has 9 heteroatoms. The first kappa shape index (κ1) is 15.7. The molecule has 0 bridgehead atoms. The third-order valence-corrected chi connectivity index (χ3v) is 1.85. The van der Waals surface area contributed by atoms with E-state index in [4.69, 9.17) is 5.11 Å². The molecule has 0 aliphatic rings. The van der Waals surface area contributed by atoms with Crippen LogP contribution in [0.1, 0.15) is 6.92 Å². The van der Waals surface area contributed by atoms with Crippen LogP contribution in [-0.2, 0) is 4.79 Å². The largest absolute Gasteiger partial charge is 0.415 e. The van der Waals surface area contributed by atoms with Gasteiger partial charge in [0.15, 0.2) is 6.10 Å². The number of amides is 3. The van der Waals surface area contributed by atoms with Crippen LogP contribution < -0.4 is 16.0 Å². The van der Waals surface area contributed by atoms with E-state index in [-0.39, 0.29) is 0 Å². The molecule has 0 saturated heterocycles. The molecule has 0 rings (SSSR count). The van der Waals surface area contributed by atoms with Gasteiger partial charge in [0.2, 0.25) is 5.91 Å². The van der Waals surface area contributed by atoms with E-state index in [0.29, 0.717) is 0 Å². The Morgan fingerprint density at radius 2 is 1.88 bits per heavy atom. The first-order valence-electron chi connectivity index (χ1n) is 4.69. The Morgan fingerprint density at radius 3 is 2.29 bits per heavy atom. The number of carbonyl (C=O) groups excluding carboxylic acids is 2. The number of halogens is 3. The molecule has 4 N–H and O–H groups in total. The van der Waals surface area contributed by atoms with Crippen molar-refractivity contribution in [1.82, 2.24) is 16.0 Å². The van der Waals surface area contributed by atoms with Crippen molar-refractivity contribution in [3.05, 3.63) is 0 Å². The van der Waals surface area contributed by atoms with E-state index < -0.39 is 36.8 Å². The maximum Gasteiger partial charge on any atom is 0.415 e. The highest BCUT2D eigenvalue weighted by Crippen LogP contribution is 2.19. The highest BCUT2D eigenvalue weighted by Gasteiger charge is 2.38. The molecule has 0 aromatic carbocycles. The second-order valence-electron chi connectivity index (χ2n) is 3.26. The van der Waals surface area contributed by atoms with Gasteiger partial charge in [-0.3, -0.25) is 10.1 Å². The van der Waals surface area contributed by atoms with E-state index in [9.17, 15) is 22.8 Å². The Morgan fingerprint density at radius 1 is 1.35 bits per heavy atom. The smallest absolute Gasteiger partial charge is 0.382 e. The number of alkyl halides is 3. The summed E-state index contributed by atoms with van der Waals surface area (Å²) >= 11 is 0. The van der Waals surface area contributed by atoms with E-state index in [1.54, 1.807) is 0 Å². The van der Waals surface area contributed by atoms with Gasteiger partial charge in [-0.05, 0) is 6.92 Å². The average molecular weight is 257 g/mol. The van der Waals surface area contributed by atoms with E-state index in [0.717, 1.165) is 0 Å². The predicted molar refractivity (Wildman–Crippen MR) is 52.1 cm³/mol. The van der Waals surface area contributed by atoms with E-state index in [2.05, 4.69) is 10.6 Å². The topological polar surface area (TPSA) is 90.5 Å². The molecule has 0 aliphatic heterocycles. The van der Waals surface area contributed by atoms with E-state index >= 15 is 0 Å². The molecule has 2 atom stereocenters. The van der Waals surface area contributed by atoms with Crippen LogP contribution in [0.4, 0.5) is 18.0 Å². The lowest BCUT2D eigenvalue weighted by molar-refractivity contribution is -0.202. The number of imide groups is 1. The lowest BCUT2D eigenvalue weighted by atomic mass is 10.2. The summed E-state index contributed by atoms with van der Waals surface area (Å²) in [6.45, 7) is 0.438. The second-order valence-corrected chi connectivity index (χ2v) is 3.26. The van der Waals surface area contributed by atoms with Gasteiger partial charge in [-0.25, -0.2) is 4.79 Å². The Hall–Kier alpha value is -1.35. The van der Waals surface area contributed by atoms with Crippen LogP contribution >= 0.6 is 0 Å². The van der Waals surface area contributed by atoms with Crippen molar-refractivity contribution < 1.29 is 27.9 Å². The predicted octanol–water partition coefficient (Wildman–Crippen LogP) is -0.657. The van der Waals surface area contributed by atoms with Crippen molar-refractivity contribution in [2.24, 2.45) is 0 Å². The van der Waals surface area contributed by atoms with Gasteiger partial charge in [-0.15, -0.1) is 0 Å². The molecule has 17 heavy (non-hydrogen) atoms. The third kappa shape index (κ3) is 6.07. The monoisotopic (exact) mass is 257 g/mol. The SMILES string of the molecule is CNC(=O)NC(=O)C(C)NCC(O)C(F)(F)F. The minimum absolute atomic E-state index is 0.764. The zero-order valence-corrected chi connectivity index (χ0v) is 9.26. The molecule has 3 amide bonds. The summed E-state index contributed by atoms with van der Waals surface area (Å²) in [6, 6.07) is -1.80. The molecule has 0 saturated carbocycles. The van der Waals surface area contributed by atoms with Crippen molar-refractivity contribution >= 4 is 11.9 Å². The van der Waals surface area contributed by atoms with Crippen molar-refractivity contribution in [2.75, 3.05) is 13.6 Å². The van der Waals surface area contributed by atoms with E-state index in [1.807, 2.05) is 5.32 Å². The molecule has 0 aromatic rings. The van der Waals surface area contributed by atoms with Gasteiger partial charge in [0.1, 0.15) is 0 Å². The van der Waals surface area contributed by atoms with Crippen molar-refractivity contribution in [3.63, 3.8) is 0 Å². The van der Waals surface area contributed by atoms with Gasteiger partial charge in [0.25, 0.3) is 0 Å². The maximum atomic E-state index is 11.9. The van der Waals surface area contributed by atoms with Gasteiger partial charge in [-0.1, -0.05) is 0 Å². The first-order valence-corrected chi connectivity index (χ1v) is 4.69. The van der Waals surface area contributed by atoms with Gasteiger partial charge in [0, 0.05) is 13.6 Å². The quantitative estimate of drug-likeness (QED) is 0.538. The Bertz CT molecular complexity index is 283. The zero-order chi connectivity index (χ0) is 13.6. The molecule has 0 fully saturated rings. The number of rotatable bonds is 4. The number of aliphatic hydroxyl groups excluding tert-OH is 1. The number of urea groups is 1. The highest BCUT2D eigenvalue weighted by molar-refractivity contribution is 5.96. The van der Waals surface area contributed by atoms with Crippen LogP contribution in [0.2, 0.25) is 0 Å². The van der Waals surface area contributed by atoms with Crippen LogP contribution in [0, 0.1) is 0 Å². The molecule has 2 unspecified atom stereocenters. The number of hydrogen-bond donors (Lipinski definition) is 4. The number of aliphatic hydroxyl groups is 1. The summed E-state index contributed by atoms with van der Waals surface area (Å²) < 4.78 is 35.7. The Kier molecular flexibility index (Phi) is 5.89. The van der Waals surface area contributed by atoms with E-state index in [1.165, 1.54) is 14.0 Å². The fraction of sp³-hybridized carbons (Fsp3) is 0.750.